The standard InChI is InChI=1S/C4H10O2.C3H7NO/c1-4(5-2)6-3;4-2-1-3-5/h4H,1-3H3;3H,1-2,4H2. The van der Waals surface area contributed by atoms with Gasteiger partial charge in [0, 0.05) is 20.6 Å². The summed E-state index contributed by atoms with van der Waals surface area (Å²) in [6.45, 7) is 2.31. The van der Waals surface area contributed by atoms with Gasteiger partial charge >= 0.3 is 0 Å². The van der Waals surface area contributed by atoms with Crippen molar-refractivity contribution in [1.82, 2.24) is 0 Å². The lowest BCUT2D eigenvalue weighted by Crippen LogP contribution is -2.05. The van der Waals surface area contributed by atoms with E-state index in [2.05, 4.69) is 9.47 Å². The Hall–Kier alpha value is -0.450. The molecule has 0 aliphatic carbocycles. The summed E-state index contributed by atoms with van der Waals surface area (Å²) in [6, 6.07) is 0. The molecule has 0 unspecified atom stereocenters. The molecule has 0 heterocycles. The third-order valence-electron chi connectivity index (χ3n) is 0.948. The molecule has 0 aliphatic heterocycles. The largest absolute Gasteiger partial charge is 0.356 e. The van der Waals surface area contributed by atoms with Crippen molar-refractivity contribution in [3.05, 3.63) is 0 Å². The minimum Gasteiger partial charge on any atom is -0.356 e. The molecular formula is C7H17NO3. The molecule has 0 saturated carbocycles. The second-order valence-electron chi connectivity index (χ2n) is 1.78. The minimum absolute atomic E-state index is 0.0648. The molecule has 4 heteroatoms. The Bertz CT molecular complexity index is 74.1. The van der Waals surface area contributed by atoms with Crippen LogP contribution in [0.1, 0.15) is 13.3 Å². The fourth-order valence-electron chi connectivity index (χ4n) is 0.164. The second kappa shape index (κ2) is 12.2. The summed E-state index contributed by atoms with van der Waals surface area (Å²) in [5, 5.41) is 0. The lowest BCUT2D eigenvalue weighted by molar-refractivity contribution is -0.107. The zero-order valence-corrected chi connectivity index (χ0v) is 7.37. The van der Waals surface area contributed by atoms with E-state index in [0.29, 0.717) is 13.0 Å². The number of rotatable bonds is 4. The van der Waals surface area contributed by atoms with E-state index in [-0.39, 0.29) is 6.29 Å². The van der Waals surface area contributed by atoms with Gasteiger partial charge in [-0.05, 0) is 13.5 Å². The van der Waals surface area contributed by atoms with Crippen LogP contribution in [0.5, 0.6) is 0 Å². The molecule has 0 fully saturated rings. The van der Waals surface area contributed by atoms with Gasteiger partial charge in [-0.1, -0.05) is 0 Å². The van der Waals surface area contributed by atoms with Crippen molar-refractivity contribution in [1.29, 1.82) is 0 Å². The molecule has 0 radical (unpaired) electrons. The van der Waals surface area contributed by atoms with E-state index in [1.165, 1.54) is 0 Å². The Morgan fingerprint density at radius 3 is 1.91 bits per heavy atom. The van der Waals surface area contributed by atoms with E-state index in [1.54, 1.807) is 14.2 Å². The monoisotopic (exact) mass is 163 g/mol. The van der Waals surface area contributed by atoms with Gasteiger partial charge < -0.3 is 20.0 Å². The lowest BCUT2D eigenvalue weighted by atomic mass is 10.5. The summed E-state index contributed by atoms with van der Waals surface area (Å²) in [6.07, 6.45) is 1.23. The molecule has 0 aromatic carbocycles. The van der Waals surface area contributed by atoms with Crippen LogP contribution in [0.25, 0.3) is 0 Å². The fraction of sp³-hybridized carbons (Fsp3) is 0.857. The number of hydrogen-bond donors (Lipinski definition) is 1. The van der Waals surface area contributed by atoms with Crippen molar-refractivity contribution in [2.75, 3.05) is 20.8 Å². The Labute approximate surface area is 67.7 Å². The maximum atomic E-state index is 9.32. The third-order valence-corrected chi connectivity index (χ3v) is 0.948. The van der Waals surface area contributed by atoms with Gasteiger partial charge in [0.1, 0.15) is 6.29 Å². The smallest absolute Gasteiger partial charge is 0.154 e. The molecule has 68 valence electrons. The second-order valence-corrected chi connectivity index (χ2v) is 1.78. The summed E-state index contributed by atoms with van der Waals surface area (Å²) in [5.41, 5.74) is 4.91. The molecule has 2 N–H and O–H groups in total. The van der Waals surface area contributed by atoms with Crippen molar-refractivity contribution >= 4 is 6.29 Å². The summed E-state index contributed by atoms with van der Waals surface area (Å²) in [5.74, 6) is 0. The Morgan fingerprint density at radius 2 is 1.91 bits per heavy atom. The average Bonchev–Trinajstić information content (AvgIpc) is 2.06. The molecular weight excluding hydrogens is 146 g/mol. The number of carbonyl (C=O) groups is 1. The highest BCUT2D eigenvalue weighted by Crippen LogP contribution is 1.82. The first-order valence-electron chi connectivity index (χ1n) is 3.42. The summed E-state index contributed by atoms with van der Waals surface area (Å²) >= 11 is 0. The van der Waals surface area contributed by atoms with Gasteiger partial charge in [0.25, 0.3) is 0 Å². The highest BCUT2D eigenvalue weighted by Gasteiger charge is 1.87. The first kappa shape index (κ1) is 13.2. The molecule has 0 spiro atoms. The Balaban J connectivity index is 0. The van der Waals surface area contributed by atoms with Crippen LogP contribution in [0, 0.1) is 0 Å². The highest BCUT2D eigenvalue weighted by atomic mass is 16.7. The molecule has 0 rings (SSSR count). The van der Waals surface area contributed by atoms with Gasteiger partial charge in [-0.3, -0.25) is 0 Å². The number of carbonyl (C=O) groups excluding carboxylic acids is 1. The van der Waals surface area contributed by atoms with Crippen LogP contribution in [-0.4, -0.2) is 33.3 Å². The van der Waals surface area contributed by atoms with Crippen LogP contribution in [0.4, 0.5) is 0 Å². The average molecular weight is 163 g/mol. The van der Waals surface area contributed by atoms with E-state index in [0.717, 1.165) is 6.29 Å². The van der Waals surface area contributed by atoms with E-state index in [4.69, 9.17) is 5.73 Å². The summed E-state index contributed by atoms with van der Waals surface area (Å²) in [4.78, 5) is 9.32. The maximum Gasteiger partial charge on any atom is 0.154 e. The first-order chi connectivity index (χ1) is 5.22. The van der Waals surface area contributed by atoms with E-state index < -0.39 is 0 Å². The van der Waals surface area contributed by atoms with Crippen LogP contribution in [-0.2, 0) is 14.3 Å². The van der Waals surface area contributed by atoms with Crippen LogP contribution >= 0.6 is 0 Å². The molecule has 0 amide bonds. The van der Waals surface area contributed by atoms with E-state index in [9.17, 15) is 4.79 Å². The molecule has 0 atom stereocenters. The van der Waals surface area contributed by atoms with E-state index in [1.807, 2.05) is 6.92 Å². The molecule has 11 heavy (non-hydrogen) atoms. The molecule has 0 bridgehead atoms. The van der Waals surface area contributed by atoms with Gasteiger partial charge in [0.15, 0.2) is 6.29 Å². The summed E-state index contributed by atoms with van der Waals surface area (Å²) in [7, 11) is 3.21. The SMILES string of the molecule is COC(C)OC.NCCC=O. The van der Waals surface area contributed by atoms with Gasteiger partial charge in [-0.15, -0.1) is 0 Å². The number of nitrogens with two attached hydrogens (primary N) is 1. The predicted octanol–water partition coefficient (Wildman–Crippen LogP) is 0.159. The fourth-order valence-corrected chi connectivity index (χ4v) is 0.164. The predicted molar refractivity (Wildman–Crippen MR) is 43.2 cm³/mol. The third kappa shape index (κ3) is 17.7. The Morgan fingerprint density at radius 1 is 1.45 bits per heavy atom. The lowest BCUT2D eigenvalue weighted by Gasteiger charge is -2.03. The number of ether oxygens (including phenoxy) is 2. The Kier molecular flexibility index (Phi) is 14.7. The topological polar surface area (TPSA) is 61.6 Å². The summed E-state index contributed by atoms with van der Waals surface area (Å²) < 4.78 is 9.35. The quantitative estimate of drug-likeness (QED) is 0.473. The van der Waals surface area contributed by atoms with Crippen molar-refractivity contribution in [3.63, 3.8) is 0 Å². The normalized spacial score (nSPS) is 8.82. The van der Waals surface area contributed by atoms with Gasteiger partial charge in [0.05, 0.1) is 0 Å². The van der Waals surface area contributed by atoms with Crippen molar-refractivity contribution in [3.8, 4) is 0 Å². The van der Waals surface area contributed by atoms with Crippen molar-refractivity contribution in [2.45, 2.75) is 19.6 Å². The van der Waals surface area contributed by atoms with Crippen LogP contribution < -0.4 is 5.73 Å². The first-order valence-corrected chi connectivity index (χ1v) is 3.42. The minimum atomic E-state index is -0.0648. The van der Waals surface area contributed by atoms with Gasteiger partial charge in [-0.25, -0.2) is 0 Å². The molecule has 0 aromatic rings. The molecule has 4 nitrogen and oxygen atoms in total. The van der Waals surface area contributed by atoms with Crippen LogP contribution in [0.15, 0.2) is 0 Å². The van der Waals surface area contributed by atoms with Crippen LogP contribution in [0.2, 0.25) is 0 Å². The van der Waals surface area contributed by atoms with Crippen molar-refractivity contribution < 1.29 is 14.3 Å². The number of methoxy groups -OCH3 is 2. The maximum absolute atomic E-state index is 9.32. The zero-order chi connectivity index (χ0) is 9.11. The number of aldehydes is 1. The molecule has 0 aliphatic rings. The van der Waals surface area contributed by atoms with Gasteiger partial charge in [-0.2, -0.15) is 0 Å². The van der Waals surface area contributed by atoms with E-state index >= 15 is 0 Å². The molecule has 0 aromatic heterocycles. The zero-order valence-electron chi connectivity index (χ0n) is 7.37. The van der Waals surface area contributed by atoms with Gasteiger partial charge in [0.2, 0.25) is 0 Å². The van der Waals surface area contributed by atoms with Crippen LogP contribution in [0.3, 0.4) is 0 Å². The molecule has 0 saturated heterocycles. The number of hydrogen-bond acceptors (Lipinski definition) is 4. The van der Waals surface area contributed by atoms with Crippen molar-refractivity contribution in [2.24, 2.45) is 5.73 Å². The highest BCUT2D eigenvalue weighted by molar-refractivity contribution is 5.49.